The number of carbonyl (C=O) groups is 2. The highest BCUT2D eigenvalue weighted by atomic mass is 35.5. The lowest BCUT2D eigenvalue weighted by molar-refractivity contribution is -0.142. The summed E-state index contributed by atoms with van der Waals surface area (Å²) in [4.78, 5) is 27.3. The predicted octanol–water partition coefficient (Wildman–Crippen LogP) is 4.67. The Kier molecular flexibility index (Phi) is 8.72. The van der Waals surface area contributed by atoms with Crippen LogP contribution >= 0.6 is 11.6 Å². The molecule has 1 N–H and O–H groups in total. The van der Waals surface area contributed by atoms with E-state index in [0.717, 1.165) is 23.1 Å². The van der Waals surface area contributed by atoms with Gasteiger partial charge in [0.25, 0.3) is 5.91 Å². The third-order valence-electron chi connectivity index (χ3n) is 5.02. The number of halogens is 1. The van der Waals surface area contributed by atoms with Crippen molar-refractivity contribution in [2.45, 2.75) is 59.7 Å². The zero-order chi connectivity index (χ0) is 22.3. The molecule has 0 bridgehead atoms. The summed E-state index contributed by atoms with van der Waals surface area (Å²) < 4.78 is 5.75. The van der Waals surface area contributed by atoms with Gasteiger partial charge < -0.3 is 15.0 Å². The number of ether oxygens (including phenoxy) is 1. The number of hydrogen-bond acceptors (Lipinski definition) is 3. The van der Waals surface area contributed by atoms with Crippen LogP contribution in [-0.2, 0) is 16.1 Å². The van der Waals surface area contributed by atoms with Crippen LogP contribution < -0.4 is 10.1 Å². The van der Waals surface area contributed by atoms with Crippen LogP contribution in [0, 0.1) is 13.8 Å². The number of nitrogens with one attached hydrogen (secondary N) is 1. The molecule has 0 aliphatic heterocycles. The highest BCUT2D eigenvalue weighted by molar-refractivity contribution is 6.31. The van der Waals surface area contributed by atoms with E-state index in [9.17, 15) is 9.59 Å². The van der Waals surface area contributed by atoms with Crippen LogP contribution in [0.4, 0.5) is 0 Å². The highest BCUT2D eigenvalue weighted by Crippen LogP contribution is 2.20. The van der Waals surface area contributed by atoms with Gasteiger partial charge in [0.15, 0.2) is 6.61 Å². The van der Waals surface area contributed by atoms with Crippen molar-refractivity contribution < 1.29 is 14.3 Å². The van der Waals surface area contributed by atoms with Crippen molar-refractivity contribution in [1.29, 1.82) is 0 Å². The third-order valence-corrected chi connectivity index (χ3v) is 5.39. The fourth-order valence-electron chi connectivity index (χ4n) is 3.10. The van der Waals surface area contributed by atoms with Crippen LogP contribution in [0.3, 0.4) is 0 Å². The average Bonchev–Trinajstić information content (AvgIpc) is 2.70. The molecule has 0 aliphatic rings. The zero-order valence-corrected chi connectivity index (χ0v) is 19.1. The predicted molar refractivity (Wildman–Crippen MR) is 121 cm³/mol. The molecule has 2 amide bonds. The monoisotopic (exact) mass is 430 g/mol. The molecule has 2 aromatic rings. The van der Waals surface area contributed by atoms with E-state index in [2.05, 4.69) is 5.32 Å². The maximum Gasteiger partial charge on any atom is 0.261 e. The average molecular weight is 431 g/mol. The minimum Gasteiger partial charge on any atom is -0.484 e. The Hall–Kier alpha value is -2.53. The van der Waals surface area contributed by atoms with Crippen molar-refractivity contribution in [3.05, 3.63) is 64.2 Å². The van der Waals surface area contributed by atoms with Gasteiger partial charge in [-0.25, -0.2) is 0 Å². The van der Waals surface area contributed by atoms with Gasteiger partial charge in [-0.1, -0.05) is 42.8 Å². The topological polar surface area (TPSA) is 58.6 Å². The van der Waals surface area contributed by atoms with Crippen LogP contribution in [-0.4, -0.2) is 35.4 Å². The molecule has 0 radical (unpaired) electrons. The zero-order valence-electron chi connectivity index (χ0n) is 18.4. The van der Waals surface area contributed by atoms with Crippen molar-refractivity contribution >= 4 is 23.4 Å². The molecule has 30 heavy (non-hydrogen) atoms. The summed E-state index contributed by atoms with van der Waals surface area (Å²) in [6, 6.07) is 12.5. The fraction of sp³-hybridized carbons (Fsp3) is 0.417. The molecule has 0 saturated carbocycles. The molecule has 162 valence electrons. The lowest BCUT2D eigenvalue weighted by Gasteiger charge is -2.30. The van der Waals surface area contributed by atoms with E-state index in [0.29, 0.717) is 10.8 Å². The van der Waals surface area contributed by atoms with E-state index >= 15 is 0 Å². The Morgan fingerprint density at radius 3 is 2.33 bits per heavy atom. The second-order valence-corrected chi connectivity index (χ2v) is 8.13. The standard InChI is InChI=1S/C24H31ClN2O3/c1-6-18(4)26-24(29)19(5)27(14-20-9-7-8-10-22(20)25)23(28)15-30-21-12-16(2)11-17(3)13-21/h7-13,18-19H,6,14-15H2,1-5H3,(H,26,29). The normalized spacial score (nSPS) is 12.7. The van der Waals surface area contributed by atoms with Gasteiger partial charge in [-0.2, -0.15) is 0 Å². The number of hydrogen-bond donors (Lipinski definition) is 1. The van der Waals surface area contributed by atoms with Crippen LogP contribution in [0.25, 0.3) is 0 Å². The molecular formula is C24H31ClN2O3. The number of rotatable bonds is 9. The first kappa shape index (κ1) is 23.7. The molecule has 2 unspecified atom stereocenters. The van der Waals surface area contributed by atoms with E-state index < -0.39 is 6.04 Å². The Labute approximate surface area is 184 Å². The van der Waals surface area contributed by atoms with Crippen molar-refractivity contribution in [2.24, 2.45) is 0 Å². The van der Waals surface area contributed by atoms with E-state index in [-0.39, 0.29) is 31.0 Å². The Balaban J connectivity index is 2.19. The highest BCUT2D eigenvalue weighted by Gasteiger charge is 2.27. The van der Waals surface area contributed by atoms with Gasteiger partial charge in [-0.3, -0.25) is 9.59 Å². The summed E-state index contributed by atoms with van der Waals surface area (Å²) in [6.07, 6.45) is 0.812. The smallest absolute Gasteiger partial charge is 0.261 e. The molecule has 2 atom stereocenters. The second-order valence-electron chi connectivity index (χ2n) is 7.72. The molecule has 0 heterocycles. The summed E-state index contributed by atoms with van der Waals surface area (Å²) in [5, 5.41) is 3.50. The number of nitrogens with zero attached hydrogens (tertiary/aromatic N) is 1. The first-order valence-corrected chi connectivity index (χ1v) is 10.6. The van der Waals surface area contributed by atoms with Gasteiger partial charge in [-0.05, 0) is 69.0 Å². The molecule has 5 nitrogen and oxygen atoms in total. The summed E-state index contributed by atoms with van der Waals surface area (Å²) in [5.41, 5.74) is 2.90. The molecule has 6 heteroatoms. The maximum atomic E-state index is 13.1. The van der Waals surface area contributed by atoms with Crippen molar-refractivity contribution in [3.63, 3.8) is 0 Å². The van der Waals surface area contributed by atoms with Crippen LogP contribution in [0.15, 0.2) is 42.5 Å². The summed E-state index contributed by atoms with van der Waals surface area (Å²) in [6.45, 7) is 9.69. The Morgan fingerprint density at radius 2 is 1.73 bits per heavy atom. The van der Waals surface area contributed by atoms with E-state index in [1.807, 2.05) is 64.1 Å². The molecule has 0 saturated heterocycles. The summed E-state index contributed by atoms with van der Waals surface area (Å²) in [5.74, 6) is 0.160. The van der Waals surface area contributed by atoms with E-state index in [4.69, 9.17) is 16.3 Å². The fourth-order valence-corrected chi connectivity index (χ4v) is 3.30. The van der Waals surface area contributed by atoms with E-state index in [1.54, 1.807) is 13.0 Å². The van der Waals surface area contributed by atoms with Crippen molar-refractivity contribution in [3.8, 4) is 5.75 Å². The molecule has 0 aliphatic carbocycles. The first-order chi connectivity index (χ1) is 14.2. The molecule has 0 aromatic heterocycles. The Morgan fingerprint density at radius 1 is 1.10 bits per heavy atom. The molecule has 2 rings (SSSR count). The maximum absolute atomic E-state index is 13.1. The van der Waals surface area contributed by atoms with Gasteiger partial charge in [0.2, 0.25) is 5.91 Å². The largest absolute Gasteiger partial charge is 0.484 e. The lowest BCUT2D eigenvalue weighted by Crippen LogP contribution is -2.50. The van der Waals surface area contributed by atoms with E-state index in [1.165, 1.54) is 4.90 Å². The minimum absolute atomic E-state index is 0.0312. The molecule has 0 fully saturated rings. The quantitative estimate of drug-likeness (QED) is 0.629. The SMILES string of the molecule is CCC(C)NC(=O)C(C)N(Cc1ccccc1Cl)C(=O)COc1cc(C)cc(C)c1. The summed E-state index contributed by atoms with van der Waals surface area (Å²) >= 11 is 6.30. The molecule has 0 spiro atoms. The second kappa shape index (κ2) is 11.0. The number of aryl methyl sites for hydroxylation is 2. The van der Waals surface area contributed by atoms with Crippen LogP contribution in [0.2, 0.25) is 5.02 Å². The molecule has 2 aromatic carbocycles. The van der Waals surface area contributed by atoms with Gasteiger partial charge in [0, 0.05) is 17.6 Å². The third kappa shape index (κ3) is 6.77. The van der Waals surface area contributed by atoms with Crippen LogP contribution in [0.5, 0.6) is 5.75 Å². The van der Waals surface area contributed by atoms with Crippen molar-refractivity contribution in [2.75, 3.05) is 6.61 Å². The minimum atomic E-state index is -0.661. The van der Waals surface area contributed by atoms with Gasteiger partial charge in [0.1, 0.15) is 11.8 Å². The van der Waals surface area contributed by atoms with Crippen LogP contribution in [0.1, 0.15) is 43.9 Å². The van der Waals surface area contributed by atoms with Gasteiger partial charge in [0.05, 0.1) is 0 Å². The number of amides is 2. The summed E-state index contributed by atoms with van der Waals surface area (Å²) in [7, 11) is 0. The van der Waals surface area contributed by atoms with Crippen molar-refractivity contribution in [1.82, 2.24) is 10.2 Å². The number of carbonyl (C=O) groups excluding carboxylic acids is 2. The van der Waals surface area contributed by atoms with Gasteiger partial charge >= 0.3 is 0 Å². The lowest BCUT2D eigenvalue weighted by atomic mass is 10.1. The van der Waals surface area contributed by atoms with Gasteiger partial charge in [-0.15, -0.1) is 0 Å². The molecular weight excluding hydrogens is 400 g/mol. The Bertz CT molecular complexity index is 864. The number of benzene rings is 2. The first-order valence-electron chi connectivity index (χ1n) is 10.3.